The van der Waals surface area contributed by atoms with Crippen molar-refractivity contribution in [2.24, 2.45) is 0 Å². The maximum Gasteiger partial charge on any atom is 0.417 e. The number of carbonyl (C=O) groups is 3. The Morgan fingerprint density at radius 2 is 1.04 bits per heavy atom. The summed E-state index contributed by atoms with van der Waals surface area (Å²) in [6.45, 7) is 7.90. The lowest BCUT2D eigenvalue weighted by molar-refractivity contribution is -0.143. The Kier molecular flexibility index (Phi) is 9.17. The smallest absolute Gasteiger partial charge is 0.306 e. The Morgan fingerprint density at radius 1 is 0.622 bits per heavy atom. The SMILES string of the molecule is Cc1cc(C)c(C(=O)C2(P(=O)(C(=O)c3c(C)cccc3C)C(=O)c3c(C(F)(F)F)cccc3C(F)(F)F)CCCCC2)c(C)c1. The highest BCUT2D eigenvalue weighted by molar-refractivity contribution is 7.97. The van der Waals surface area contributed by atoms with Gasteiger partial charge >= 0.3 is 12.4 Å². The molecule has 0 amide bonds. The zero-order valence-corrected chi connectivity index (χ0v) is 26.4. The van der Waals surface area contributed by atoms with Crippen LogP contribution in [0.5, 0.6) is 0 Å². The van der Waals surface area contributed by atoms with Gasteiger partial charge in [0, 0.05) is 11.1 Å². The third-order valence-corrected chi connectivity index (χ3v) is 12.2. The van der Waals surface area contributed by atoms with E-state index in [0.717, 1.165) is 5.56 Å². The topological polar surface area (TPSA) is 68.3 Å². The summed E-state index contributed by atoms with van der Waals surface area (Å²) in [5, 5.41) is -2.37. The standard InChI is InChI=1S/C34H33F6O4P/c1-19-17-22(4)26(23(5)18-19)29(41)32(15-7-6-8-16-32)45(44,30(42)27-20(2)11-9-12-21(27)3)31(43)28-24(33(35,36)37)13-10-14-25(28)34(38,39)40/h9-14,17-18H,6-8,15-16H2,1-5H3. The van der Waals surface area contributed by atoms with Gasteiger partial charge in [-0.3, -0.25) is 14.4 Å². The Bertz CT molecular complexity index is 1670. The number of rotatable bonds is 7. The van der Waals surface area contributed by atoms with E-state index in [4.69, 9.17) is 0 Å². The largest absolute Gasteiger partial charge is 0.417 e. The Labute approximate surface area is 257 Å². The number of alkyl halides is 6. The van der Waals surface area contributed by atoms with E-state index in [2.05, 4.69) is 0 Å². The quantitative estimate of drug-likeness (QED) is 0.145. The number of aryl methyl sites for hydroxylation is 5. The fourth-order valence-electron chi connectivity index (χ4n) is 6.80. The minimum absolute atomic E-state index is 0.0463. The van der Waals surface area contributed by atoms with E-state index in [0.29, 0.717) is 35.7 Å². The number of hydrogen-bond acceptors (Lipinski definition) is 4. The number of carbonyl (C=O) groups excluding carboxylic acids is 3. The van der Waals surface area contributed by atoms with Gasteiger partial charge in [0.05, 0.1) is 16.7 Å². The molecule has 3 aromatic carbocycles. The summed E-state index contributed by atoms with van der Waals surface area (Å²) in [6.07, 6.45) is -10.7. The Balaban J connectivity index is 2.20. The maximum atomic E-state index is 15.8. The molecule has 1 aliphatic rings. The maximum absolute atomic E-state index is 15.8. The average Bonchev–Trinajstić information content (AvgIpc) is 2.94. The van der Waals surface area contributed by atoms with Crippen LogP contribution in [0.3, 0.4) is 0 Å². The highest BCUT2D eigenvalue weighted by Crippen LogP contribution is 2.69. The van der Waals surface area contributed by atoms with Gasteiger partial charge in [-0.05, 0) is 81.8 Å². The van der Waals surface area contributed by atoms with E-state index in [1.54, 1.807) is 39.0 Å². The van der Waals surface area contributed by atoms with Gasteiger partial charge in [0.15, 0.2) is 5.78 Å². The molecule has 0 radical (unpaired) electrons. The molecule has 1 aliphatic carbocycles. The van der Waals surface area contributed by atoms with Crippen LogP contribution in [0.4, 0.5) is 26.3 Å². The molecule has 0 aromatic heterocycles. The molecular formula is C34H33F6O4P. The molecule has 4 rings (SSSR count). The first-order valence-corrected chi connectivity index (χ1v) is 16.2. The summed E-state index contributed by atoms with van der Waals surface area (Å²) in [6, 6.07) is 8.90. The first-order valence-electron chi connectivity index (χ1n) is 14.4. The Morgan fingerprint density at radius 3 is 1.49 bits per heavy atom. The van der Waals surface area contributed by atoms with E-state index in [-0.39, 0.29) is 47.9 Å². The van der Waals surface area contributed by atoms with Gasteiger partial charge in [0.25, 0.3) is 0 Å². The van der Waals surface area contributed by atoms with Crippen molar-refractivity contribution >= 4 is 24.0 Å². The molecule has 3 aromatic rings. The predicted octanol–water partition coefficient (Wildman–Crippen LogP) is 10.2. The first kappa shape index (κ1) is 34.4. The molecule has 1 fully saturated rings. The fraction of sp³-hybridized carbons (Fsp3) is 0.382. The lowest BCUT2D eigenvalue weighted by atomic mass is 9.80. The van der Waals surface area contributed by atoms with Gasteiger partial charge in [-0.2, -0.15) is 26.3 Å². The lowest BCUT2D eigenvalue weighted by Gasteiger charge is -2.41. The molecular weight excluding hydrogens is 617 g/mol. The molecule has 0 saturated heterocycles. The molecule has 240 valence electrons. The van der Waals surface area contributed by atoms with Crippen molar-refractivity contribution in [1.82, 2.24) is 0 Å². The minimum atomic E-state index is -5.70. The minimum Gasteiger partial charge on any atom is -0.306 e. The van der Waals surface area contributed by atoms with Gasteiger partial charge in [-0.25, -0.2) is 0 Å². The second-order valence-electron chi connectivity index (χ2n) is 11.9. The molecule has 0 bridgehead atoms. The van der Waals surface area contributed by atoms with Crippen LogP contribution >= 0.6 is 7.14 Å². The van der Waals surface area contributed by atoms with Crippen molar-refractivity contribution in [3.8, 4) is 0 Å². The predicted molar refractivity (Wildman–Crippen MR) is 159 cm³/mol. The third kappa shape index (κ3) is 5.82. The monoisotopic (exact) mass is 650 g/mol. The molecule has 11 heteroatoms. The van der Waals surface area contributed by atoms with Gasteiger partial charge in [-0.1, -0.05) is 61.2 Å². The summed E-state index contributed by atoms with van der Waals surface area (Å²) in [5.74, 6) is -0.883. The molecule has 4 nitrogen and oxygen atoms in total. The van der Waals surface area contributed by atoms with Crippen molar-refractivity contribution < 1.29 is 45.3 Å². The van der Waals surface area contributed by atoms with E-state index in [9.17, 15) is 40.7 Å². The van der Waals surface area contributed by atoms with Crippen molar-refractivity contribution in [2.75, 3.05) is 0 Å². The molecule has 1 saturated carbocycles. The van der Waals surface area contributed by atoms with E-state index >= 15 is 4.57 Å². The van der Waals surface area contributed by atoms with E-state index in [1.165, 1.54) is 26.0 Å². The van der Waals surface area contributed by atoms with Crippen LogP contribution in [-0.4, -0.2) is 22.0 Å². The highest BCUT2D eigenvalue weighted by Gasteiger charge is 2.64. The number of hydrogen-bond donors (Lipinski definition) is 0. The lowest BCUT2D eigenvalue weighted by Crippen LogP contribution is -2.45. The van der Waals surface area contributed by atoms with Gasteiger partial charge in [0.2, 0.25) is 18.2 Å². The average molecular weight is 651 g/mol. The van der Waals surface area contributed by atoms with E-state index in [1.807, 2.05) is 0 Å². The highest BCUT2D eigenvalue weighted by atomic mass is 31.2. The van der Waals surface area contributed by atoms with Gasteiger partial charge in [-0.15, -0.1) is 0 Å². The summed E-state index contributed by atoms with van der Waals surface area (Å²) in [4.78, 5) is 44.2. The molecule has 0 heterocycles. The first-order chi connectivity index (χ1) is 20.8. The molecule has 1 unspecified atom stereocenters. The molecule has 1 atom stereocenters. The van der Waals surface area contributed by atoms with Gasteiger partial charge in [0.1, 0.15) is 5.16 Å². The summed E-state index contributed by atoms with van der Waals surface area (Å²) < 4.78 is 102. The van der Waals surface area contributed by atoms with Crippen LogP contribution in [0.1, 0.15) is 102 Å². The van der Waals surface area contributed by atoms with Crippen molar-refractivity contribution in [1.29, 1.82) is 0 Å². The molecule has 0 N–H and O–H groups in total. The van der Waals surface area contributed by atoms with Crippen molar-refractivity contribution in [2.45, 2.75) is 84.2 Å². The van der Waals surface area contributed by atoms with Crippen LogP contribution in [0, 0.1) is 34.6 Å². The number of ketones is 1. The normalized spacial score (nSPS) is 16.6. The molecule has 0 spiro atoms. The second kappa shape index (κ2) is 12.0. The zero-order chi connectivity index (χ0) is 33.7. The summed E-state index contributed by atoms with van der Waals surface area (Å²) in [7, 11) is -5.70. The van der Waals surface area contributed by atoms with E-state index < -0.39 is 58.2 Å². The second-order valence-corrected chi connectivity index (χ2v) is 14.8. The Hall–Kier alpha value is -3.52. The fourth-order valence-corrected chi connectivity index (χ4v) is 10.3. The van der Waals surface area contributed by atoms with Crippen LogP contribution in [0.25, 0.3) is 0 Å². The number of Topliss-reactive ketones (excluding diaryl/α,β-unsaturated/α-hetero) is 1. The third-order valence-electron chi connectivity index (χ3n) is 8.77. The summed E-state index contributed by atoms with van der Waals surface area (Å²) in [5.41, 5.74) is -7.53. The van der Waals surface area contributed by atoms with Gasteiger partial charge < -0.3 is 4.57 Å². The van der Waals surface area contributed by atoms with Crippen LogP contribution in [0.2, 0.25) is 0 Å². The van der Waals surface area contributed by atoms with Crippen LogP contribution in [-0.2, 0) is 16.9 Å². The number of halogens is 6. The van der Waals surface area contributed by atoms with Crippen LogP contribution in [0.15, 0.2) is 48.5 Å². The van der Waals surface area contributed by atoms with Crippen molar-refractivity contribution in [3.05, 3.63) is 104 Å². The molecule has 45 heavy (non-hydrogen) atoms. The number of benzene rings is 3. The van der Waals surface area contributed by atoms with Crippen LogP contribution < -0.4 is 0 Å². The van der Waals surface area contributed by atoms with Crippen molar-refractivity contribution in [3.63, 3.8) is 0 Å². The molecule has 0 aliphatic heterocycles. The summed E-state index contributed by atoms with van der Waals surface area (Å²) >= 11 is 0. The zero-order valence-electron chi connectivity index (χ0n) is 25.5.